The number of amides is 1. The smallest absolute Gasteiger partial charge is 0.218 e. The van der Waals surface area contributed by atoms with Crippen LogP contribution >= 0.6 is 11.8 Å². The largest absolute Gasteiger partial charge is 0.497 e. The molecule has 0 fully saturated rings. The van der Waals surface area contributed by atoms with Gasteiger partial charge >= 0.3 is 0 Å². The van der Waals surface area contributed by atoms with Crippen molar-refractivity contribution in [3.63, 3.8) is 0 Å². The number of carbonyl (C=O) groups excluding carboxylic acids is 1. The normalized spacial score (nSPS) is 11.2. The van der Waals surface area contributed by atoms with E-state index in [1.807, 2.05) is 0 Å². The molecule has 0 bridgehead atoms. The topological polar surface area (TPSA) is 112 Å². The number of anilines is 1. The van der Waals surface area contributed by atoms with Crippen LogP contribution in [0.25, 0.3) is 0 Å². The van der Waals surface area contributed by atoms with Crippen molar-refractivity contribution in [1.29, 1.82) is 0 Å². The molecule has 6 nitrogen and oxygen atoms in total. The molecule has 0 radical (unpaired) electrons. The average Bonchev–Trinajstić information content (AvgIpc) is 2.38. The Morgan fingerprint density at radius 2 is 2.05 bits per heavy atom. The first-order valence-corrected chi connectivity index (χ1v) is 8.70. The highest BCUT2D eigenvalue weighted by Crippen LogP contribution is 2.29. The fourth-order valence-electron chi connectivity index (χ4n) is 1.40. The molecule has 0 aromatic heterocycles. The Bertz CT molecular complexity index is 573. The zero-order valence-corrected chi connectivity index (χ0v) is 12.8. The van der Waals surface area contributed by atoms with Gasteiger partial charge in [0, 0.05) is 22.8 Å². The Balaban J connectivity index is 2.54. The number of ether oxygens (including phenoxy) is 1. The molecule has 0 aliphatic carbocycles. The lowest BCUT2D eigenvalue weighted by Crippen LogP contribution is -2.19. The number of nitrogens with two attached hydrogens (primary N) is 2. The Morgan fingerprint density at radius 3 is 2.65 bits per heavy atom. The second kappa shape index (κ2) is 7.39. The van der Waals surface area contributed by atoms with Gasteiger partial charge in [0.25, 0.3) is 0 Å². The summed E-state index contributed by atoms with van der Waals surface area (Å²) in [6.45, 7) is 0. The van der Waals surface area contributed by atoms with E-state index in [0.29, 0.717) is 17.2 Å². The van der Waals surface area contributed by atoms with Gasteiger partial charge in [-0.3, -0.25) is 4.79 Å². The Labute approximate surface area is 122 Å². The van der Waals surface area contributed by atoms with E-state index in [4.69, 9.17) is 16.2 Å². The van der Waals surface area contributed by atoms with Crippen molar-refractivity contribution in [3.05, 3.63) is 18.2 Å². The van der Waals surface area contributed by atoms with Crippen molar-refractivity contribution < 1.29 is 17.9 Å². The molecule has 4 N–H and O–H groups in total. The number of hydrogen-bond acceptors (Lipinski definition) is 6. The highest BCUT2D eigenvalue weighted by molar-refractivity contribution is 8.00. The molecule has 8 heteroatoms. The van der Waals surface area contributed by atoms with Crippen molar-refractivity contribution in [1.82, 2.24) is 0 Å². The number of sulfone groups is 1. The van der Waals surface area contributed by atoms with E-state index in [2.05, 4.69) is 0 Å². The summed E-state index contributed by atoms with van der Waals surface area (Å²) in [4.78, 5) is 11.4. The lowest BCUT2D eigenvalue weighted by Gasteiger charge is -2.08. The molecule has 0 aliphatic heterocycles. The van der Waals surface area contributed by atoms with Crippen molar-refractivity contribution in [2.75, 3.05) is 30.1 Å². The van der Waals surface area contributed by atoms with E-state index in [-0.39, 0.29) is 17.9 Å². The van der Waals surface area contributed by atoms with Crippen molar-refractivity contribution in [3.8, 4) is 5.75 Å². The summed E-state index contributed by atoms with van der Waals surface area (Å²) in [6.07, 6.45) is -0.145. The standard InChI is InChI=1S/C12H18N2O4S2/c1-18-9-2-3-10(13)11(8-9)19-5-7-20(16,17)6-4-12(14)15/h2-3,8H,4-7,13H2,1H3,(H2,14,15). The number of nitrogen functional groups attached to an aromatic ring is 1. The van der Waals surface area contributed by atoms with Gasteiger partial charge in [0.05, 0.1) is 18.6 Å². The zero-order chi connectivity index (χ0) is 15.2. The molecule has 1 aromatic carbocycles. The molecule has 0 spiro atoms. The third kappa shape index (κ3) is 5.70. The quantitative estimate of drug-likeness (QED) is 0.538. The molecule has 0 heterocycles. The molecule has 0 saturated heterocycles. The van der Waals surface area contributed by atoms with Crippen LogP contribution in [0.4, 0.5) is 5.69 Å². The Kier molecular flexibility index (Phi) is 6.15. The van der Waals surface area contributed by atoms with E-state index in [0.717, 1.165) is 4.90 Å². The van der Waals surface area contributed by atoms with Gasteiger partial charge in [-0.05, 0) is 18.2 Å². The predicted molar refractivity (Wildman–Crippen MR) is 80.6 cm³/mol. The van der Waals surface area contributed by atoms with Crippen LogP contribution in [0.3, 0.4) is 0 Å². The summed E-state index contributed by atoms with van der Waals surface area (Å²) in [5.74, 6) is 0.174. The van der Waals surface area contributed by atoms with Crippen LogP contribution in [-0.4, -0.2) is 38.7 Å². The summed E-state index contributed by atoms with van der Waals surface area (Å²) < 4.78 is 28.4. The maximum atomic E-state index is 11.7. The molecule has 20 heavy (non-hydrogen) atoms. The number of primary amides is 1. The molecule has 0 saturated carbocycles. The van der Waals surface area contributed by atoms with Crippen LogP contribution in [0.2, 0.25) is 0 Å². The number of methoxy groups -OCH3 is 1. The van der Waals surface area contributed by atoms with Crippen LogP contribution in [0.15, 0.2) is 23.1 Å². The Hall–Kier alpha value is -1.41. The molecule has 112 valence electrons. The minimum absolute atomic E-state index is 0.0262. The van der Waals surface area contributed by atoms with Crippen LogP contribution in [-0.2, 0) is 14.6 Å². The minimum Gasteiger partial charge on any atom is -0.497 e. The molecule has 0 atom stereocenters. The summed E-state index contributed by atoms with van der Waals surface area (Å²) in [5, 5.41) is 0. The van der Waals surface area contributed by atoms with Crippen LogP contribution in [0.1, 0.15) is 6.42 Å². The predicted octanol–water partition coefficient (Wildman–Crippen LogP) is 0.660. The first-order valence-electron chi connectivity index (χ1n) is 5.89. The molecule has 0 aliphatic rings. The van der Waals surface area contributed by atoms with Crippen LogP contribution in [0, 0.1) is 0 Å². The van der Waals surface area contributed by atoms with Gasteiger partial charge in [-0.25, -0.2) is 8.42 Å². The first kappa shape index (κ1) is 16.6. The highest BCUT2D eigenvalue weighted by atomic mass is 32.2. The third-order valence-electron chi connectivity index (χ3n) is 2.53. The average molecular weight is 318 g/mol. The number of rotatable bonds is 8. The number of hydrogen-bond donors (Lipinski definition) is 2. The van der Waals surface area contributed by atoms with Gasteiger partial charge in [0.1, 0.15) is 5.75 Å². The van der Waals surface area contributed by atoms with E-state index < -0.39 is 15.7 Å². The fourth-order valence-corrected chi connectivity index (χ4v) is 4.12. The molecule has 1 rings (SSSR count). The number of thioether (sulfide) groups is 1. The molecule has 1 amide bonds. The maximum Gasteiger partial charge on any atom is 0.218 e. The first-order chi connectivity index (χ1) is 9.34. The van der Waals surface area contributed by atoms with Crippen LogP contribution < -0.4 is 16.2 Å². The van der Waals surface area contributed by atoms with Gasteiger partial charge in [-0.2, -0.15) is 0 Å². The molecule has 1 aromatic rings. The summed E-state index contributed by atoms with van der Waals surface area (Å²) in [5.41, 5.74) is 11.3. The molecular formula is C12H18N2O4S2. The van der Waals surface area contributed by atoms with Gasteiger partial charge in [-0.1, -0.05) is 0 Å². The number of benzene rings is 1. The lowest BCUT2D eigenvalue weighted by atomic mass is 10.3. The monoisotopic (exact) mass is 318 g/mol. The van der Waals surface area contributed by atoms with Crippen molar-refractivity contribution in [2.45, 2.75) is 11.3 Å². The summed E-state index contributed by atoms with van der Waals surface area (Å²) in [6, 6.07) is 5.21. The second-order valence-electron chi connectivity index (χ2n) is 4.12. The molecular weight excluding hydrogens is 300 g/mol. The van der Waals surface area contributed by atoms with Gasteiger partial charge in [-0.15, -0.1) is 11.8 Å². The van der Waals surface area contributed by atoms with Gasteiger partial charge < -0.3 is 16.2 Å². The number of carbonyl (C=O) groups is 1. The lowest BCUT2D eigenvalue weighted by molar-refractivity contribution is -0.117. The molecule has 0 unspecified atom stereocenters. The van der Waals surface area contributed by atoms with Gasteiger partial charge in [0.15, 0.2) is 9.84 Å². The summed E-state index contributed by atoms with van der Waals surface area (Å²) in [7, 11) is -1.72. The van der Waals surface area contributed by atoms with E-state index in [1.165, 1.54) is 11.8 Å². The Morgan fingerprint density at radius 1 is 1.35 bits per heavy atom. The van der Waals surface area contributed by atoms with E-state index in [9.17, 15) is 13.2 Å². The SMILES string of the molecule is COc1ccc(N)c(SCCS(=O)(=O)CCC(N)=O)c1. The third-order valence-corrected chi connectivity index (χ3v) is 5.52. The van der Waals surface area contributed by atoms with Crippen molar-refractivity contribution >= 4 is 33.2 Å². The highest BCUT2D eigenvalue weighted by Gasteiger charge is 2.13. The van der Waals surface area contributed by atoms with E-state index in [1.54, 1.807) is 25.3 Å². The minimum atomic E-state index is -3.27. The van der Waals surface area contributed by atoms with Crippen LogP contribution in [0.5, 0.6) is 5.75 Å². The fraction of sp³-hybridized carbons (Fsp3) is 0.417. The second-order valence-corrected chi connectivity index (χ2v) is 7.56. The maximum absolute atomic E-state index is 11.7. The van der Waals surface area contributed by atoms with E-state index >= 15 is 0 Å². The zero-order valence-electron chi connectivity index (χ0n) is 11.2. The van der Waals surface area contributed by atoms with Crippen molar-refractivity contribution in [2.24, 2.45) is 5.73 Å². The summed E-state index contributed by atoms with van der Waals surface area (Å²) >= 11 is 1.34. The van der Waals surface area contributed by atoms with Gasteiger partial charge in [0.2, 0.25) is 5.91 Å².